The number of morpholine rings is 2. The number of carbonyl (C=O) groups excluding carboxylic acids is 1. The van der Waals surface area contributed by atoms with Crippen LogP contribution < -0.4 is 10.2 Å². The van der Waals surface area contributed by atoms with Gasteiger partial charge in [-0.15, -0.1) is 0 Å². The Bertz CT molecular complexity index is 975. The van der Waals surface area contributed by atoms with Crippen LogP contribution >= 0.6 is 0 Å². The third-order valence-corrected chi connectivity index (χ3v) is 5.67. The summed E-state index contributed by atoms with van der Waals surface area (Å²) in [5.74, 6) is 0.559. The number of aromatic nitrogens is 4. The topological polar surface area (TPSA) is 97.6 Å². The number of halogens is 3. The van der Waals surface area contributed by atoms with Crippen molar-refractivity contribution < 1.29 is 27.4 Å². The number of amides is 2. The van der Waals surface area contributed by atoms with E-state index < -0.39 is 24.8 Å². The number of urea groups is 1. The molecule has 180 valence electrons. The highest BCUT2D eigenvalue weighted by Gasteiger charge is 2.35. The molecule has 2 aromatic rings. The summed E-state index contributed by atoms with van der Waals surface area (Å²) in [7, 11) is 0. The smallest absolute Gasteiger partial charge is 0.378 e. The number of hydrogen-bond acceptors (Lipinski definition) is 7. The highest BCUT2D eigenvalue weighted by Crippen LogP contribution is 2.31. The van der Waals surface area contributed by atoms with Gasteiger partial charge in [0.25, 0.3) is 0 Å². The van der Waals surface area contributed by atoms with E-state index in [0.29, 0.717) is 61.5 Å². The van der Waals surface area contributed by atoms with E-state index in [2.05, 4.69) is 20.4 Å². The van der Waals surface area contributed by atoms with Crippen LogP contribution in [-0.2, 0) is 16.0 Å². The van der Waals surface area contributed by atoms with Crippen molar-refractivity contribution in [1.82, 2.24) is 24.6 Å². The Morgan fingerprint density at radius 1 is 1.12 bits per heavy atom. The van der Waals surface area contributed by atoms with Gasteiger partial charge in [-0.2, -0.15) is 18.3 Å². The highest BCUT2D eigenvalue weighted by molar-refractivity contribution is 5.89. The van der Waals surface area contributed by atoms with Crippen LogP contribution in [0.2, 0.25) is 0 Å². The lowest BCUT2D eigenvalue weighted by Gasteiger charge is -2.36. The van der Waals surface area contributed by atoms with Crippen molar-refractivity contribution in [1.29, 1.82) is 0 Å². The summed E-state index contributed by atoms with van der Waals surface area (Å²) in [6.07, 6.45) is -1.33. The number of alkyl halides is 3. The maximum Gasteiger partial charge on any atom is 0.408 e. The number of carbonyl (C=O) groups is 1. The normalized spacial score (nSPS) is 19.6. The van der Waals surface area contributed by atoms with Gasteiger partial charge >= 0.3 is 12.2 Å². The predicted octanol–water partition coefficient (Wildman–Crippen LogP) is 2.29. The minimum Gasteiger partial charge on any atom is -0.378 e. The molecule has 2 fully saturated rings. The fourth-order valence-corrected chi connectivity index (χ4v) is 4.11. The van der Waals surface area contributed by atoms with Crippen LogP contribution in [-0.4, -0.2) is 82.9 Å². The molecule has 1 atom stereocenters. The SMILES string of the molecule is Cc1nn(CC(F)(F)F)c(C)c1C1COCCN1C(=O)Nc1cnc(N2CCOCC2)nc1. The number of hydrogen-bond donors (Lipinski definition) is 1. The molecule has 0 saturated carbocycles. The van der Waals surface area contributed by atoms with E-state index in [0.717, 1.165) is 4.68 Å². The molecule has 33 heavy (non-hydrogen) atoms. The van der Waals surface area contributed by atoms with Crippen LogP contribution in [0.1, 0.15) is 23.0 Å². The molecule has 13 heteroatoms. The first kappa shape index (κ1) is 23.2. The summed E-state index contributed by atoms with van der Waals surface area (Å²) in [5, 5.41) is 6.83. The Balaban J connectivity index is 1.49. The lowest BCUT2D eigenvalue weighted by Crippen LogP contribution is -2.45. The summed E-state index contributed by atoms with van der Waals surface area (Å²) >= 11 is 0. The number of rotatable bonds is 4. The van der Waals surface area contributed by atoms with Crippen LogP contribution in [0.5, 0.6) is 0 Å². The second-order valence-electron chi connectivity index (χ2n) is 7.94. The van der Waals surface area contributed by atoms with E-state index in [4.69, 9.17) is 9.47 Å². The molecule has 0 radical (unpaired) electrons. The van der Waals surface area contributed by atoms with E-state index in [1.165, 1.54) is 12.4 Å². The van der Waals surface area contributed by atoms with Gasteiger partial charge in [0.1, 0.15) is 6.54 Å². The molecule has 2 aliphatic rings. The Morgan fingerprint density at radius 2 is 1.79 bits per heavy atom. The van der Waals surface area contributed by atoms with Gasteiger partial charge in [0.15, 0.2) is 0 Å². The number of nitrogens with one attached hydrogen (secondary N) is 1. The molecule has 0 aromatic carbocycles. The van der Waals surface area contributed by atoms with Crippen molar-refractivity contribution in [2.75, 3.05) is 56.3 Å². The van der Waals surface area contributed by atoms with Crippen molar-refractivity contribution in [2.24, 2.45) is 0 Å². The first-order chi connectivity index (χ1) is 15.7. The van der Waals surface area contributed by atoms with Gasteiger partial charge in [-0.3, -0.25) is 4.68 Å². The second kappa shape index (κ2) is 9.51. The summed E-state index contributed by atoms with van der Waals surface area (Å²) in [6.45, 7) is 5.41. The standard InChI is InChI=1S/C20H26F3N7O3/c1-13-17(14(2)30(27-13)12-20(21,22)23)16-11-33-8-5-29(16)19(31)26-15-9-24-18(25-10-15)28-3-6-32-7-4-28/h9-10,16H,3-8,11-12H2,1-2H3,(H,26,31). The summed E-state index contributed by atoms with van der Waals surface area (Å²) in [5.41, 5.74) is 1.77. The second-order valence-corrected chi connectivity index (χ2v) is 7.94. The molecule has 2 amide bonds. The largest absolute Gasteiger partial charge is 0.408 e. The average molecular weight is 469 g/mol. The van der Waals surface area contributed by atoms with Crippen molar-refractivity contribution in [3.8, 4) is 0 Å². The molecule has 0 spiro atoms. The van der Waals surface area contributed by atoms with Crippen LogP contribution in [0.15, 0.2) is 12.4 Å². The first-order valence-electron chi connectivity index (χ1n) is 10.6. The lowest BCUT2D eigenvalue weighted by atomic mass is 10.0. The fraction of sp³-hybridized carbons (Fsp3) is 0.600. The zero-order valence-corrected chi connectivity index (χ0v) is 18.4. The summed E-state index contributed by atoms with van der Waals surface area (Å²) in [4.78, 5) is 25.3. The number of anilines is 2. The van der Waals surface area contributed by atoms with Crippen molar-refractivity contribution in [3.63, 3.8) is 0 Å². The molecule has 4 rings (SSSR count). The monoisotopic (exact) mass is 469 g/mol. The third-order valence-electron chi connectivity index (χ3n) is 5.67. The third kappa shape index (κ3) is 5.36. The van der Waals surface area contributed by atoms with E-state index in [-0.39, 0.29) is 13.2 Å². The van der Waals surface area contributed by atoms with Gasteiger partial charge < -0.3 is 24.6 Å². The van der Waals surface area contributed by atoms with Crippen LogP contribution in [0, 0.1) is 13.8 Å². The molecule has 0 bridgehead atoms. The number of aryl methyl sites for hydroxylation is 1. The van der Waals surface area contributed by atoms with Crippen LogP contribution in [0.3, 0.4) is 0 Å². The summed E-state index contributed by atoms with van der Waals surface area (Å²) in [6, 6.07) is -0.970. The van der Waals surface area contributed by atoms with Gasteiger partial charge in [-0.1, -0.05) is 0 Å². The van der Waals surface area contributed by atoms with Gasteiger partial charge in [-0.25, -0.2) is 14.8 Å². The Kier molecular flexibility index (Phi) is 6.70. The maximum absolute atomic E-state index is 13.1. The van der Waals surface area contributed by atoms with E-state index in [1.807, 2.05) is 4.90 Å². The molecule has 10 nitrogen and oxygen atoms in total. The molecule has 0 aliphatic carbocycles. The minimum atomic E-state index is -4.39. The average Bonchev–Trinajstić information content (AvgIpc) is 3.06. The van der Waals surface area contributed by atoms with Crippen LogP contribution in [0.4, 0.5) is 29.6 Å². The molecular weight excluding hydrogens is 443 g/mol. The minimum absolute atomic E-state index is 0.166. The van der Waals surface area contributed by atoms with Gasteiger partial charge in [0.2, 0.25) is 5.95 Å². The van der Waals surface area contributed by atoms with Crippen molar-refractivity contribution in [3.05, 3.63) is 29.3 Å². The molecule has 1 N–H and O–H groups in total. The van der Waals surface area contributed by atoms with E-state index in [9.17, 15) is 18.0 Å². The Morgan fingerprint density at radius 3 is 2.45 bits per heavy atom. The number of nitrogens with zero attached hydrogens (tertiary/aromatic N) is 6. The lowest BCUT2D eigenvalue weighted by molar-refractivity contribution is -0.143. The maximum atomic E-state index is 13.1. The van der Waals surface area contributed by atoms with Crippen LogP contribution in [0.25, 0.3) is 0 Å². The first-order valence-corrected chi connectivity index (χ1v) is 10.6. The van der Waals surface area contributed by atoms with Gasteiger partial charge in [0.05, 0.1) is 56.2 Å². The van der Waals surface area contributed by atoms with Crippen molar-refractivity contribution in [2.45, 2.75) is 32.6 Å². The zero-order valence-electron chi connectivity index (χ0n) is 18.4. The molecular formula is C20H26F3N7O3. The quantitative estimate of drug-likeness (QED) is 0.734. The summed E-state index contributed by atoms with van der Waals surface area (Å²) < 4.78 is 50.5. The molecule has 2 aliphatic heterocycles. The number of ether oxygens (including phenoxy) is 2. The predicted molar refractivity (Wildman–Crippen MR) is 112 cm³/mol. The fourth-order valence-electron chi connectivity index (χ4n) is 4.11. The zero-order chi connectivity index (χ0) is 23.6. The molecule has 4 heterocycles. The Labute approximate surface area is 188 Å². The van der Waals surface area contributed by atoms with E-state index >= 15 is 0 Å². The highest BCUT2D eigenvalue weighted by atomic mass is 19.4. The molecule has 2 aromatic heterocycles. The van der Waals surface area contributed by atoms with Crippen molar-refractivity contribution >= 4 is 17.7 Å². The Hall–Kier alpha value is -2.93. The molecule has 2 saturated heterocycles. The molecule has 1 unspecified atom stereocenters. The van der Waals surface area contributed by atoms with Gasteiger partial charge in [-0.05, 0) is 13.8 Å². The van der Waals surface area contributed by atoms with Gasteiger partial charge in [0, 0.05) is 30.9 Å². The van der Waals surface area contributed by atoms with E-state index in [1.54, 1.807) is 18.7 Å².